The number of pyridine rings is 1. The van der Waals surface area contributed by atoms with Gasteiger partial charge in [-0.25, -0.2) is 0 Å². The summed E-state index contributed by atoms with van der Waals surface area (Å²) in [6, 6.07) is 11.0. The summed E-state index contributed by atoms with van der Waals surface area (Å²) in [7, 11) is 3.33. The fraction of sp³-hybridized carbons (Fsp3) is 0.316. The van der Waals surface area contributed by atoms with Crippen LogP contribution in [0.3, 0.4) is 0 Å². The fourth-order valence-electron chi connectivity index (χ4n) is 3.27. The van der Waals surface area contributed by atoms with E-state index in [0.717, 1.165) is 16.9 Å². The molecule has 3 rings (SSSR count). The number of benzene rings is 1. The molecule has 1 aromatic carbocycles. The minimum absolute atomic E-state index is 0.0358. The summed E-state index contributed by atoms with van der Waals surface area (Å²) in [5.74, 6) is 0.117. The number of carbonyl (C=O) groups excluding carboxylic acids is 2. The number of carbonyl (C=O) groups is 2. The minimum Gasteiger partial charge on any atom is -0.496 e. The van der Waals surface area contributed by atoms with E-state index in [4.69, 9.17) is 4.74 Å². The van der Waals surface area contributed by atoms with Crippen molar-refractivity contribution in [1.29, 1.82) is 0 Å². The van der Waals surface area contributed by atoms with E-state index in [9.17, 15) is 9.59 Å². The van der Waals surface area contributed by atoms with Gasteiger partial charge in [-0.2, -0.15) is 0 Å². The Bertz CT molecular complexity index is 764. The topological polar surface area (TPSA) is 71.5 Å². The number of rotatable bonds is 5. The van der Waals surface area contributed by atoms with Crippen LogP contribution in [0.5, 0.6) is 5.75 Å². The van der Waals surface area contributed by atoms with Crippen molar-refractivity contribution in [2.75, 3.05) is 14.2 Å². The van der Waals surface area contributed by atoms with Crippen LogP contribution in [-0.4, -0.2) is 35.9 Å². The zero-order chi connectivity index (χ0) is 17.8. The van der Waals surface area contributed by atoms with Crippen LogP contribution in [0, 0.1) is 5.92 Å². The Morgan fingerprint density at radius 2 is 2.12 bits per heavy atom. The summed E-state index contributed by atoms with van der Waals surface area (Å²) in [5.41, 5.74) is 1.77. The lowest BCUT2D eigenvalue weighted by atomic mass is 9.94. The maximum absolute atomic E-state index is 12.7. The van der Waals surface area contributed by atoms with Gasteiger partial charge < -0.3 is 15.0 Å². The van der Waals surface area contributed by atoms with Crippen molar-refractivity contribution < 1.29 is 14.3 Å². The van der Waals surface area contributed by atoms with E-state index >= 15 is 0 Å². The minimum atomic E-state index is -0.434. The number of methoxy groups -OCH3 is 1. The highest BCUT2D eigenvalue weighted by molar-refractivity contribution is 5.90. The predicted octanol–water partition coefficient (Wildman–Crippen LogP) is 1.93. The normalized spacial score (nSPS) is 19.8. The lowest BCUT2D eigenvalue weighted by molar-refractivity contribution is -0.128. The smallest absolute Gasteiger partial charge is 0.226 e. The van der Waals surface area contributed by atoms with Crippen LogP contribution < -0.4 is 10.1 Å². The van der Waals surface area contributed by atoms with Gasteiger partial charge in [0.15, 0.2) is 0 Å². The van der Waals surface area contributed by atoms with Gasteiger partial charge in [-0.15, -0.1) is 0 Å². The number of nitrogens with zero attached hydrogens (tertiary/aromatic N) is 2. The number of nitrogens with one attached hydrogen (secondary N) is 1. The molecule has 6 heteroatoms. The Balaban J connectivity index is 1.75. The molecule has 0 spiro atoms. The van der Waals surface area contributed by atoms with Gasteiger partial charge in [0.25, 0.3) is 0 Å². The van der Waals surface area contributed by atoms with Crippen LogP contribution in [-0.2, 0) is 16.1 Å². The average Bonchev–Trinajstić information content (AvgIpc) is 2.95. The van der Waals surface area contributed by atoms with Crippen molar-refractivity contribution in [3.63, 3.8) is 0 Å². The second-order valence-electron chi connectivity index (χ2n) is 6.08. The van der Waals surface area contributed by atoms with Crippen molar-refractivity contribution in [3.05, 3.63) is 59.9 Å². The lowest BCUT2D eigenvalue weighted by Gasteiger charge is -2.24. The van der Waals surface area contributed by atoms with Gasteiger partial charge >= 0.3 is 0 Å². The molecule has 1 aliphatic rings. The molecule has 1 saturated heterocycles. The first-order valence-electron chi connectivity index (χ1n) is 8.17. The second-order valence-corrected chi connectivity index (χ2v) is 6.08. The molecule has 0 radical (unpaired) electrons. The van der Waals surface area contributed by atoms with E-state index in [1.54, 1.807) is 31.5 Å². The molecule has 0 unspecified atom stereocenters. The Morgan fingerprint density at radius 1 is 1.32 bits per heavy atom. The van der Waals surface area contributed by atoms with E-state index < -0.39 is 5.92 Å². The first kappa shape index (κ1) is 17.0. The molecule has 2 aromatic rings. The largest absolute Gasteiger partial charge is 0.496 e. The third kappa shape index (κ3) is 3.47. The number of hydrogen-bond donors (Lipinski definition) is 1. The molecular formula is C19H21N3O3. The summed E-state index contributed by atoms with van der Waals surface area (Å²) in [6.45, 7) is 0.358. The number of amides is 2. The summed E-state index contributed by atoms with van der Waals surface area (Å²) < 4.78 is 5.31. The molecular weight excluding hydrogens is 318 g/mol. The molecule has 1 N–H and O–H groups in total. The van der Waals surface area contributed by atoms with Gasteiger partial charge in [0.1, 0.15) is 5.75 Å². The molecule has 2 atom stereocenters. The summed E-state index contributed by atoms with van der Waals surface area (Å²) in [4.78, 5) is 30.6. The van der Waals surface area contributed by atoms with Crippen molar-refractivity contribution in [2.24, 2.45) is 5.92 Å². The molecule has 0 aliphatic carbocycles. The number of hydrogen-bond acceptors (Lipinski definition) is 4. The monoisotopic (exact) mass is 339 g/mol. The number of para-hydroxylation sites is 1. The molecule has 0 bridgehead atoms. The molecule has 1 aromatic heterocycles. The standard InChI is InChI=1S/C19H21N3O3/c1-22-17(23)10-15(18(22)14-7-5-9-20-11-14)19(24)21-12-13-6-3-4-8-16(13)25-2/h3-9,11,15,18H,10,12H2,1-2H3,(H,21,24)/t15-,18+/m0/s1. The first-order valence-corrected chi connectivity index (χ1v) is 8.17. The average molecular weight is 339 g/mol. The van der Waals surface area contributed by atoms with Crippen LogP contribution in [0.4, 0.5) is 0 Å². The molecule has 1 fully saturated rings. The number of likely N-dealkylation sites (tertiary alicyclic amines) is 1. The Labute approximate surface area is 146 Å². The SMILES string of the molecule is COc1ccccc1CNC(=O)[C@H]1CC(=O)N(C)[C@@H]1c1cccnc1. The number of aromatic nitrogens is 1. The van der Waals surface area contributed by atoms with E-state index in [1.165, 1.54) is 0 Å². The maximum Gasteiger partial charge on any atom is 0.226 e. The molecule has 1 aliphatic heterocycles. The number of ether oxygens (including phenoxy) is 1. The molecule has 0 saturated carbocycles. The van der Waals surface area contributed by atoms with E-state index in [0.29, 0.717) is 6.54 Å². The Hall–Kier alpha value is -2.89. The third-order valence-corrected chi connectivity index (χ3v) is 4.59. The van der Waals surface area contributed by atoms with Gasteiger partial charge in [-0.3, -0.25) is 14.6 Å². The molecule has 130 valence electrons. The van der Waals surface area contributed by atoms with Gasteiger partial charge in [0, 0.05) is 38.0 Å². The van der Waals surface area contributed by atoms with Gasteiger partial charge in [-0.05, 0) is 17.7 Å². The maximum atomic E-state index is 12.7. The van der Waals surface area contributed by atoms with Crippen molar-refractivity contribution in [2.45, 2.75) is 19.0 Å². The zero-order valence-electron chi connectivity index (χ0n) is 14.3. The highest BCUT2D eigenvalue weighted by Crippen LogP contribution is 2.36. The van der Waals surface area contributed by atoms with Crippen molar-refractivity contribution >= 4 is 11.8 Å². The molecule has 25 heavy (non-hydrogen) atoms. The zero-order valence-corrected chi connectivity index (χ0v) is 14.3. The summed E-state index contributed by atoms with van der Waals surface area (Å²) in [6.07, 6.45) is 3.59. The van der Waals surface area contributed by atoms with Gasteiger partial charge in [0.05, 0.1) is 19.1 Å². The van der Waals surface area contributed by atoms with Gasteiger partial charge in [-0.1, -0.05) is 24.3 Å². The summed E-state index contributed by atoms with van der Waals surface area (Å²) in [5, 5.41) is 2.94. The first-order chi connectivity index (χ1) is 12.1. The Morgan fingerprint density at radius 3 is 2.84 bits per heavy atom. The van der Waals surface area contributed by atoms with Crippen LogP contribution in [0.2, 0.25) is 0 Å². The highest BCUT2D eigenvalue weighted by Gasteiger charge is 2.42. The fourth-order valence-corrected chi connectivity index (χ4v) is 3.27. The molecule has 6 nitrogen and oxygen atoms in total. The van der Waals surface area contributed by atoms with Crippen molar-refractivity contribution in [3.8, 4) is 5.75 Å². The molecule has 2 heterocycles. The van der Waals surface area contributed by atoms with E-state index in [-0.39, 0.29) is 24.3 Å². The van der Waals surface area contributed by atoms with Crippen LogP contribution in [0.1, 0.15) is 23.6 Å². The van der Waals surface area contributed by atoms with Crippen LogP contribution >= 0.6 is 0 Å². The van der Waals surface area contributed by atoms with E-state index in [1.807, 2.05) is 36.4 Å². The second kappa shape index (κ2) is 7.34. The van der Waals surface area contributed by atoms with Gasteiger partial charge in [0.2, 0.25) is 11.8 Å². The quantitative estimate of drug-likeness (QED) is 0.903. The molecule has 2 amide bonds. The van der Waals surface area contributed by atoms with Crippen molar-refractivity contribution in [1.82, 2.24) is 15.2 Å². The van der Waals surface area contributed by atoms with E-state index in [2.05, 4.69) is 10.3 Å². The lowest BCUT2D eigenvalue weighted by Crippen LogP contribution is -2.34. The predicted molar refractivity (Wildman–Crippen MR) is 92.7 cm³/mol. The third-order valence-electron chi connectivity index (χ3n) is 4.59. The Kier molecular flexibility index (Phi) is 4.97. The summed E-state index contributed by atoms with van der Waals surface area (Å²) >= 11 is 0. The van der Waals surface area contributed by atoms with Crippen LogP contribution in [0.25, 0.3) is 0 Å². The van der Waals surface area contributed by atoms with Crippen LogP contribution in [0.15, 0.2) is 48.8 Å². The highest BCUT2D eigenvalue weighted by atomic mass is 16.5.